The van der Waals surface area contributed by atoms with Crippen LogP contribution in [0.25, 0.3) is 0 Å². The lowest BCUT2D eigenvalue weighted by atomic mass is 9.94. The average Bonchev–Trinajstić information content (AvgIpc) is 3.36. The zero-order valence-electron chi connectivity index (χ0n) is 33.4. The number of amides is 1. The summed E-state index contributed by atoms with van der Waals surface area (Å²) in [4.78, 5) is 27.0. The lowest BCUT2D eigenvalue weighted by Crippen LogP contribution is -2.30. The summed E-state index contributed by atoms with van der Waals surface area (Å²) in [5.74, 6) is 1.29. The number of alkyl halides is 3. The fourth-order valence-electron chi connectivity index (χ4n) is 7.36. The molecule has 3 aromatic carbocycles. The number of carbonyl (C=O) groups is 1. The molecule has 13 nitrogen and oxygen atoms in total. The SMILES string of the molecule is COc1ccc(CN(Cc2ccc(OC)cc2)c2cc(Cl)c(C(F)(F)F)c(C3Cc4nc(S(C)(=O)=O)nc(N5CCCn6nc(C(=O)N(C)C)c(Br)c6C5)c4CO3)c2)cc1. The summed E-state index contributed by atoms with van der Waals surface area (Å²) < 4.78 is 90.4. The molecule has 1 atom stereocenters. The number of aromatic nitrogens is 4. The summed E-state index contributed by atoms with van der Waals surface area (Å²) in [5.41, 5.74) is 2.46. The maximum Gasteiger partial charge on any atom is 0.418 e. The maximum atomic E-state index is 15.0. The number of benzene rings is 3. The molecule has 0 aliphatic carbocycles. The molecule has 1 amide bonds. The highest BCUT2D eigenvalue weighted by Crippen LogP contribution is 2.46. The molecule has 0 radical (unpaired) electrons. The number of anilines is 2. The highest BCUT2D eigenvalue weighted by Gasteiger charge is 2.41. The van der Waals surface area contributed by atoms with Crippen molar-refractivity contribution in [2.24, 2.45) is 0 Å². The van der Waals surface area contributed by atoms with E-state index in [0.717, 1.165) is 17.4 Å². The van der Waals surface area contributed by atoms with Crippen molar-refractivity contribution in [3.63, 3.8) is 0 Å². The standard InChI is InChI=1S/C41H42BrClF3N7O6S/c1-50(2)39(54)37-36(42)33-22-51(15-6-16-53(33)49-37)38-30-23-59-34(19-32(30)47-40(48-38)60(5,55)56)29-17-26(18-31(43)35(29)41(44,45)46)52(20-24-7-11-27(57-3)12-8-24)21-25-9-13-28(58-4)14-10-25/h7-14,17-18,34H,6,15-16,19-23H2,1-5H3. The van der Waals surface area contributed by atoms with E-state index in [1.54, 1.807) is 33.0 Å². The van der Waals surface area contributed by atoms with Gasteiger partial charge in [-0.3, -0.25) is 9.48 Å². The molecule has 0 bridgehead atoms. The van der Waals surface area contributed by atoms with E-state index in [9.17, 15) is 13.2 Å². The minimum atomic E-state index is -4.87. The van der Waals surface area contributed by atoms with Crippen molar-refractivity contribution >= 4 is 54.8 Å². The first-order valence-electron chi connectivity index (χ1n) is 18.8. The number of sulfone groups is 1. The molecule has 7 rings (SSSR count). The molecule has 0 saturated carbocycles. The number of hydrogen-bond donors (Lipinski definition) is 0. The number of hydrogen-bond acceptors (Lipinski definition) is 11. The van der Waals surface area contributed by atoms with Gasteiger partial charge in [0.15, 0.2) is 5.69 Å². The quantitative estimate of drug-likeness (QED) is 0.121. The minimum Gasteiger partial charge on any atom is -0.497 e. The number of rotatable bonds is 11. The summed E-state index contributed by atoms with van der Waals surface area (Å²) in [6.07, 6.45) is -4.74. The Morgan fingerprint density at radius 2 is 1.60 bits per heavy atom. The normalized spacial score (nSPS) is 15.5. The number of halogens is 5. The van der Waals surface area contributed by atoms with Gasteiger partial charge in [0.2, 0.25) is 15.0 Å². The van der Waals surface area contributed by atoms with Gasteiger partial charge < -0.3 is 28.9 Å². The van der Waals surface area contributed by atoms with Gasteiger partial charge in [0, 0.05) is 64.2 Å². The number of nitrogens with zero attached hydrogens (tertiary/aromatic N) is 7. The molecule has 60 heavy (non-hydrogen) atoms. The van der Waals surface area contributed by atoms with Crippen LogP contribution in [0.2, 0.25) is 5.02 Å². The number of carbonyl (C=O) groups excluding carboxylic acids is 1. The second kappa shape index (κ2) is 17.2. The third-order valence-corrected chi connectivity index (χ3v) is 12.4. The first-order chi connectivity index (χ1) is 28.4. The fourth-order valence-corrected chi connectivity index (χ4v) is 8.79. The molecule has 0 spiro atoms. The molecule has 0 fully saturated rings. The van der Waals surface area contributed by atoms with Crippen LogP contribution in [0.5, 0.6) is 11.5 Å². The third-order valence-electron chi connectivity index (χ3n) is 10.4. The van der Waals surface area contributed by atoms with Crippen molar-refractivity contribution < 1.29 is 40.6 Å². The lowest BCUT2D eigenvalue weighted by Gasteiger charge is -2.33. The molecule has 4 heterocycles. The summed E-state index contributed by atoms with van der Waals surface area (Å²) in [6.45, 7) is 1.47. The van der Waals surface area contributed by atoms with Crippen molar-refractivity contribution in [2.75, 3.05) is 50.9 Å². The van der Waals surface area contributed by atoms with Crippen molar-refractivity contribution in [2.45, 2.75) is 63.1 Å². The predicted molar refractivity (Wildman–Crippen MR) is 222 cm³/mol. The Hall–Kier alpha value is -4.91. The van der Waals surface area contributed by atoms with E-state index in [1.807, 2.05) is 58.3 Å². The third kappa shape index (κ3) is 9.06. The average molecular weight is 933 g/mol. The largest absolute Gasteiger partial charge is 0.497 e. The van der Waals surface area contributed by atoms with Crippen LogP contribution in [0.1, 0.15) is 62.2 Å². The van der Waals surface area contributed by atoms with Gasteiger partial charge in [-0.05, 0) is 75.4 Å². The van der Waals surface area contributed by atoms with E-state index in [1.165, 1.54) is 17.0 Å². The number of ether oxygens (including phenoxy) is 3. The zero-order valence-corrected chi connectivity index (χ0v) is 36.5. The molecular weight excluding hydrogens is 891 g/mol. The van der Waals surface area contributed by atoms with Crippen molar-refractivity contribution in [1.29, 1.82) is 0 Å². The molecule has 2 aliphatic rings. The van der Waals surface area contributed by atoms with Crippen LogP contribution in [0.4, 0.5) is 24.7 Å². The molecule has 318 valence electrons. The molecule has 0 saturated heterocycles. The van der Waals surface area contributed by atoms with E-state index in [2.05, 4.69) is 31.0 Å². The van der Waals surface area contributed by atoms with Crippen molar-refractivity contribution in [3.05, 3.63) is 115 Å². The van der Waals surface area contributed by atoms with Crippen LogP contribution in [-0.4, -0.2) is 80.1 Å². The molecule has 0 N–H and O–H groups in total. The Labute approximate surface area is 359 Å². The van der Waals surface area contributed by atoms with Gasteiger partial charge in [-0.15, -0.1) is 0 Å². The van der Waals surface area contributed by atoms with Crippen LogP contribution in [0, 0.1) is 0 Å². The Morgan fingerprint density at radius 1 is 0.983 bits per heavy atom. The van der Waals surface area contributed by atoms with Gasteiger partial charge in [-0.25, -0.2) is 18.4 Å². The first-order valence-corrected chi connectivity index (χ1v) is 21.9. The number of aryl methyl sites for hydroxylation is 1. The Bertz CT molecular complexity index is 2470. The summed E-state index contributed by atoms with van der Waals surface area (Å²) in [7, 11) is 2.39. The minimum absolute atomic E-state index is 0.193. The Kier molecular flexibility index (Phi) is 12.4. The van der Waals surface area contributed by atoms with Gasteiger partial charge in [-0.2, -0.15) is 18.3 Å². The molecule has 19 heteroatoms. The second-order valence-corrected chi connectivity index (χ2v) is 17.9. The lowest BCUT2D eigenvalue weighted by molar-refractivity contribution is -0.139. The topological polar surface area (TPSA) is 132 Å². The van der Waals surface area contributed by atoms with Crippen LogP contribution in [-0.2, 0) is 60.0 Å². The summed E-state index contributed by atoms with van der Waals surface area (Å²) >= 11 is 10.2. The molecule has 2 aromatic heterocycles. The molecule has 5 aromatic rings. The van der Waals surface area contributed by atoms with Crippen molar-refractivity contribution in [3.8, 4) is 11.5 Å². The molecular formula is C41H42BrClF3N7O6S. The predicted octanol–water partition coefficient (Wildman–Crippen LogP) is 7.66. The van der Waals surface area contributed by atoms with Gasteiger partial charge in [0.25, 0.3) is 5.91 Å². The van der Waals surface area contributed by atoms with Crippen LogP contribution in [0.15, 0.2) is 70.3 Å². The van der Waals surface area contributed by atoms with Gasteiger partial charge in [0.1, 0.15) is 17.3 Å². The first kappa shape index (κ1) is 43.2. The monoisotopic (exact) mass is 931 g/mol. The van der Waals surface area contributed by atoms with E-state index >= 15 is 13.2 Å². The van der Waals surface area contributed by atoms with E-state index in [-0.39, 0.29) is 48.2 Å². The highest BCUT2D eigenvalue weighted by molar-refractivity contribution is 9.10. The molecule has 2 aliphatic heterocycles. The van der Waals surface area contributed by atoms with E-state index in [4.69, 9.17) is 25.8 Å². The van der Waals surface area contributed by atoms with E-state index in [0.29, 0.717) is 65.5 Å². The highest BCUT2D eigenvalue weighted by atomic mass is 79.9. The zero-order chi connectivity index (χ0) is 43.1. The fraction of sp³-hybridized carbons (Fsp3) is 0.366. The van der Waals surface area contributed by atoms with Gasteiger partial charge in [0.05, 0.1) is 59.9 Å². The maximum absolute atomic E-state index is 15.0. The van der Waals surface area contributed by atoms with Crippen molar-refractivity contribution in [1.82, 2.24) is 24.6 Å². The van der Waals surface area contributed by atoms with Crippen LogP contribution in [0.3, 0.4) is 0 Å². The van der Waals surface area contributed by atoms with Crippen LogP contribution >= 0.6 is 27.5 Å². The summed E-state index contributed by atoms with van der Waals surface area (Å²) in [5, 5.41) is 3.56. The number of fused-ring (bicyclic) bond motifs is 2. The van der Waals surface area contributed by atoms with Gasteiger partial charge in [-0.1, -0.05) is 35.9 Å². The molecule has 1 unspecified atom stereocenters. The Balaban J connectivity index is 1.29. The smallest absolute Gasteiger partial charge is 0.418 e. The van der Waals surface area contributed by atoms with Crippen LogP contribution < -0.4 is 19.3 Å². The Morgan fingerprint density at radius 3 is 2.15 bits per heavy atom. The van der Waals surface area contributed by atoms with E-state index < -0.39 is 37.9 Å². The summed E-state index contributed by atoms with van der Waals surface area (Å²) in [6, 6.07) is 17.5. The number of methoxy groups -OCH3 is 2. The second-order valence-electron chi connectivity index (χ2n) is 14.8. The van der Waals surface area contributed by atoms with Gasteiger partial charge >= 0.3 is 6.18 Å².